The summed E-state index contributed by atoms with van der Waals surface area (Å²) in [4.78, 5) is 20.4. The quantitative estimate of drug-likeness (QED) is 0.884. The fourth-order valence-electron chi connectivity index (χ4n) is 2.20. The van der Waals surface area contributed by atoms with Crippen LogP contribution in [0.4, 0.5) is 0 Å². The molecule has 0 spiro atoms. The zero-order chi connectivity index (χ0) is 15.2. The Labute approximate surface area is 124 Å². The Bertz CT molecular complexity index is 628. The van der Waals surface area contributed by atoms with E-state index in [0.717, 1.165) is 17.0 Å². The Kier molecular flexibility index (Phi) is 4.87. The summed E-state index contributed by atoms with van der Waals surface area (Å²) in [7, 11) is 0. The van der Waals surface area contributed by atoms with Gasteiger partial charge in [-0.2, -0.15) is 0 Å². The summed E-state index contributed by atoms with van der Waals surface area (Å²) in [6.45, 7) is 3.76. The van der Waals surface area contributed by atoms with Crippen LogP contribution in [0.15, 0.2) is 36.7 Å². The first-order valence-electron chi connectivity index (χ1n) is 6.91. The number of hydrogen-bond acceptors (Lipinski definition) is 4. The first-order valence-corrected chi connectivity index (χ1v) is 6.91. The molecule has 0 bridgehead atoms. The number of aryl methyl sites for hydroxylation is 2. The normalized spacial score (nSPS) is 11.9. The monoisotopic (exact) mass is 285 g/mol. The van der Waals surface area contributed by atoms with Crippen molar-refractivity contribution >= 4 is 5.91 Å². The number of hydrogen-bond donors (Lipinski definition) is 2. The number of nitrogens with one attached hydrogen (secondary N) is 1. The molecule has 2 N–H and O–H groups in total. The molecule has 0 aliphatic heterocycles. The number of phenols is 1. The topological polar surface area (TPSA) is 75.1 Å². The Morgan fingerprint density at radius 3 is 2.81 bits per heavy atom. The van der Waals surface area contributed by atoms with E-state index in [0.29, 0.717) is 12.8 Å². The molecule has 1 atom stereocenters. The molecule has 1 aromatic carbocycles. The Morgan fingerprint density at radius 1 is 1.33 bits per heavy atom. The van der Waals surface area contributed by atoms with E-state index in [9.17, 15) is 9.90 Å². The SMILES string of the molecule is Cc1nccnc1[C@@H](C)NC(=O)CCc1cccc(O)c1. The van der Waals surface area contributed by atoms with Gasteiger partial charge in [0.25, 0.3) is 0 Å². The lowest BCUT2D eigenvalue weighted by atomic mass is 10.1. The molecule has 0 aliphatic carbocycles. The predicted molar refractivity (Wildman–Crippen MR) is 79.8 cm³/mol. The molecule has 5 heteroatoms. The molecule has 0 saturated heterocycles. The highest BCUT2D eigenvalue weighted by Crippen LogP contribution is 2.14. The van der Waals surface area contributed by atoms with Gasteiger partial charge in [-0.25, -0.2) is 0 Å². The highest BCUT2D eigenvalue weighted by Gasteiger charge is 2.13. The third kappa shape index (κ3) is 4.27. The van der Waals surface area contributed by atoms with Gasteiger partial charge in [-0.1, -0.05) is 12.1 Å². The van der Waals surface area contributed by atoms with Crippen molar-refractivity contribution in [1.29, 1.82) is 0 Å². The predicted octanol–water partition coefficient (Wildman–Crippen LogP) is 2.30. The van der Waals surface area contributed by atoms with Crippen LogP contribution in [-0.4, -0.2) is 21.0 Å². The molecule has 0 unspecified atom stereocenters. The molecule has 5 nitrogen and oxygen atoms in total. The molecular weight excluding hydrogens is 266 g/mol. The van der Waals surface area contributed by atoms with Gasteiger partial charge in [-0.15, -0.1) is 0 Å². The van der Waals surface area contributed by atoms with Gasteiger partial charge < -0.3 is 10.4 Å². The van der Waals surface area contributed by atoms with Crippen molar-refractivity contribution in [2.75, 3.05) is 0 Å². The zero-order valence-electron chi connectivity index (χ0n) is 12.2. The van der Waals surface area contributed by atoms with Crippen LogP contribution in [0.1, 0.15) is 36.3 Å². The highest BCUT2D eigenvalue weighted by atomic mass is 16.3. The van der Waals surface area contributed by atoms with Gasteiger partial charge in [-0.05, 0) is 38.0 Å². The molecule has 1 aromatic heterocycles. The molecule has 1 heterocycles. The van der Waals surface area contributed by atoms with Crippen LogP contribution in [0, 0.1) is 6.92 Å². The molecule has 0 fully saturated rings. The van der Waals surface area contributed by atoms with E-state index in [2.05, 4.69) is 15.3 Å². The van der Waals surface area contributed by atoms with Crippen molar-refractivity contribution in [3.8, 4) is 5.75 Å². The Balaban J connectivity index is 1.89. The standard InChI is InChI=1S/C16H19N3O2/c1-11-16(18-9-8-17-11)12(2)19-15(21)7-6-13-4-3-5-14(20)10-13/h3-5,8-10,12,20H,6-7H2,1-2H3,(H,19,21)/t12-/m1/s1. The number of rotatable bonds is 5. The minimum Gasteiger partial charge on any atom is -0.508 e. The van der Waals surface area contributed by atoms with E-state index in [1.54, 1.807) is 30.6 Å². The fraction of sp³-hybridized carbons (Fsp3) is 0.312. The van der Waals surface area contributed by atoms with Crippen molar-refractivity contribution in [2.45, 2.75) is 32.7 Å². The summed E-state index contributed by atoms with van der Waals surface area (Å²) in [5, 5.41) is 12.3. The number of carbonyl (C=O) groups excluding carboxylic acids is 1. The van der Waals surface area contributed by atoms with Gasteiger partial charge in [0.1, 0.15) is 5.75 Å². The average molecular weight is 285 g/mol. The number of amides is 1. The molecule has 0 aliphatic rings. The minimum atomic E-state index is -0.171. The van der Waals surface area contributed by atoms with Gasteiger partial charge in [-0.3, -0.25) is 14.8 Å². The molecule has 2 rings (SSSR count). The van der Waals surface area contributed by atoms with E-state index in [-0.39, 0.29) is 17.7 Å². The summed E-state index contributed by atoms with van der Waals surface area (Å²) >= 11 is 0. The maximum atomic E-state index is 12.0. The van der Waals surface area contributed by atoms with Crippen LogP contribution in [0.25, 0.3) is 0 Å². The summed E-state index contributed by atoms with van der Waals surface area (Å²) in [6, 6.07) is 6.78. The smallest absolute Gasteiger partial charge is 0.220 e. The van der Waals surface area contributed by atoms with Crippen LogP contribution in [0.2, 0.25) is 0 Å². The van der Waals surface area contributed by atoms with Gasteiger partial charge in [0, 0.05) is 18.8 Å². The van der Waals surface area contributed by atoms with E-state index in [1.807, 2.05) is 19.9 Å². The lowest BCUT2D eigenvalue weighted by Crippen LogP contribution is -2.28. The van der Waals surface area contributed by atoms with Crippen LogP contribution >= 0.6 is 0 Å². The third-order valence-electron chi connectivity index (χ3n) is 3.26. The maximum absolute atomic E-state index is 12.0. The van der Waals surface area contributed by atoms with E-state index >= 15 is 0 Å². The summed E-state index contributed by atoms with van der Waals surface area (Å²) in [5.41, 5.74) is 2.54. The first-order chi connectivity index (χ1) is 10.1. The number of carbonyl (C=O) groups is 1. The minimum absolute atomic E-state index is 0.0455. The molecule has 1 amide bonds. The lowest BCUT2D eigenvalue weighted by Gasteiger charge is -2.14. The lowest BCUT2D eigenvalue weighted by molar-refractivity contribution is -0.121. The van der Waals surface area contributed by atoms with E-state index in [4.69, 9.17) is 0 Å². The Hall–Kier alpha value is -2.43. The summed E-state index contributed by atoms with van der Waals surface area (Å²) in [6.07, 6.45) is 4.21. The molecular formula is C16H19N3O2. The third-order valence-corrected chi connectivity index (χ3v) is 3.26. The summed E-state index contributed by atoms with van der Waals surface area (Å²) in [5.74, 6) is 0.173. The van der Waals surface area contributed by atoms with Crippen LogP contribution < -0.4 is 5.32 Å². The van der Waals surface area contributed by atoms with Gasteiger partial charge in [0.2, 0.25) is 5.91 Å². The second kappa shape index (κ2) is 6.83. The average Bonchev–Trinajstić information content (AvgIpc) is 2.45. The number of phenolic OH excluding ortho intramolecular Hbond substituents is 1. The van der Waals surface area contributed by atoms with E-state index in [1.165, 1.54) is 0 Å². The summed E-state index contributed by atoms with van der Waals surface area (Å²) < 4.78 is 0. The number of nitrogens with zero attached hydrogens (tertiary/aromatic N) is 2. The largest absolute Gasteiger partial charge is 0.508 e. The zero-order valence-corrected chi connectivity index (χ0v) is 12.2. The molecule has 0 radical (unpaired) electrons. The van der Waals surface area contributed by atoms with Crippen molar-refractivity contribution in [3.63, 3.8) is 0 Å². The van der Waals surface area contributed by atoms with Gasteiger partial charge >= 0.3 is 0 Å². The molecule has 2 aromatic rings. The number of aromatic hydroxyl groups is 1. The second-order valence-electron chi connectivity index (χ2n) is 4.99. The van der Waals surface area contributed by atoms with Gasteiger partial charge in [0.15, 0.2) is 0 Å². The first kappa shape index (κ1) is 15.0. The van der Waals surface area contributed by atoms with Crippen LogP contribution in [-0.2, 0) is 11.2 Å². The Morgan fingerprint density at radius 2 is 2.10 bits per heavy atom. The maximum Gasteiger partial charge on any atom is 0.220 e. The number of benzene rings is 1. The number of aromatic nitrogens is 2. The van der Waals surface area contributed by atoms with Gasteiger partial charge in [0.05, 0.1) is 17.4 Å². The van der Waals surface area contributed by atoms with Crippen LogP contribution in [0.3, 0.4) is 0 Å². The van der Waals surface area contributed by atoms with Crippen molar-refractivity contribution in [1.82, 2.24) is 15.3 Å². The molecule has 0 saturated carbocycles. The van der Waals surface area contributed by atoms with Crippen LogP contribution in [0.5, 0.6) is 5.75 Å². The van der Waals surface area contributed by atoms with Crippen molar-refractivity contribution in [2.24, 2.45) is 0 Å². The van der Waals surface area contributed by atoms with Crippen molar-refractivity contribution in [3.05, 3.63) is 53.6 Å². The fourth-order valence-corrected chi connectivity index (χ4v) is 2.20. The van der Waals surface area contributed by atoms with E-state index < -0.39 is 0 Å². The molecule has 110 valence electrons. The van der Waals surface area contributed by atoms with Crippen molar-refractivity contribution < 1.29 is 9.90 Å². The highest BCUT2D eigenvalue weighted by molar-refractivity contribution is 5.76. The molecule has 21 heavy (non-hydrogen) atoms. The second-order valence-corrected chi connectivity index (χ2v) is 4.99.